The van der Waals surface area contributed by atoms with Gasteiger partial charge in [0.2, 0.25) is 0 Å². The number of aliphatic hydroxyl groups is 1. The Bertz CT molecular complexity index is 473. The number of likely N-dealkylation sites (tertiary alicyclic amines) is 1. The molecule has 1 unspecified atom stereocenters. The highest BCUT2D eigenvalue weighted by Gasteiger charge is 2.37. The molecule has 0 spiro atoms. The van der Waals surface area contributed by atoms with E-state index in [1.165, 1.54) is 0 Å². The number of hydrogen-bond donors (Lipinski definition) is 1. The van der Waals surface area contributed by atoms with Crippen LogP contribution in [0, 0.1) is 5.92 Å². The van der Waals surface area contributed by atoms with Crippen molar-refractivity contribution in [1.29, 1.82) is 0 Å². The predicted octanol–water partition coefficient (Wildman–Crippen LogP) is 2.34. The van der Waals surface area contributed by atoms with E-state index in [0.717, 1.165) is 6.42 Å². The summed E-state index contributed by atoms with van der Waals surface area (Å²) in [4.78, 5) is 14.3. The first-order valence-corrected chi connectivity index (χ1v) is 7.15. The van der Waals surface area contributed by atoms with Crippen LogP contribution in [0.25, 0.3) is 0 Å². The highest BCUT2D eigenvalue weighted by atomic mass is 35.5. The number of carbonyl (C=O) groups excluding carboxylic acids is 1. The number of nitrogens with zero attached hydrogens (tertiary/aromatic N) is 1. The van der Waals surface area contributed by atoms with Crippen molar-refractivity contribution < 1.29 is 14.6 Å². The molecule has 110 valence electrons. The van der Waals surface area contributed by atoms with Crippen molar-refractivity contribution in [3.05, 3.63) is 29.3 Å². The topological polar surface area (TPSA) is 49.8 Å². The lowest BCUT2D eigenvalue weighted by Gasteiger charge is -2.30. The van der Waals surface area contributed by atoms with Crippen LogP contribution in [-0.4, -0.2) is 41.2 Å². The third-order valence-corrected chi connectivity index (χ3v) is 3.78. The first-order valence-electron chi connectivity index (χ1n) is 6.77. The van der Waals surface area contributed by atoms with E-state index in [1.807, 2.05) is 0 Å². The van der Waals surface area contributed by atoms with Crippen LogP contribution in [-0.2, 0) is 4.79 Å². The number of ether oxygens (including phenoxy) is 1. The average molecular weight is 298 g/mol. The van der Waals surface area contributed by atoms with Gasteiger partial charge in [0.15, 0.2) is 5.60 Å². The molecule has 1 aliphatic heterocycles. The summed E-state index contributed by atoms with van der Waals surface area (Å²) in [6.07, 6.45) is 0.846. The monoisotopic (exact) mass is 297 g/mol. The molecule has 20 heavy (non-hydrogen) atoms. The minimum absolute atomic E-state index is 0.0524. The molecule has 1 saturated heterocycles. The normalized spacial score (nSPS) is 19.2. The zero-order chi connectivity index (χ0) is 14.8. The van der Waals surface area contributed by atoms with Gasteiger partial charge in [-0.05, 0) is 44.5 Å². The van der Waals surface area contributed by atoms with Gasteiger partial charge < -0.3 is 14.7 Å². The molecule has 1 aromatic rings. The van der Waals surface area contributed by atoms with E-state index in [9.17, 15) is 4.79 Å². The minimum Gasteiger partial charge on any atom is -0.478 e. The molecule has 0 bridgehead atoms. The van der Waals surface area contributed by atoms with Gasteiger partial charge in [0.25, 0.3) is 5.91 Å². The van der Waals surface area contributed by atoms with Gasteiger partial charge in [-0.3, -0.25) is 4.79 Å². The SMILES string of the molecule is CC(C)(Oc1ccc(Cl)cc1)C(=O)N1CCC(CO)C1. The summed E-state index contributed by atoms with van der Waals surface area (Å²) in [6.45, 7) is 4.93. The fraction of sp³-hybridized carbons (Fsp3) is 0.533. The molecule has 1 aliphatic rings. The average Bonchev–Trinajstić information content (AvgIpc) is 2.89. The van der Waals surface area contributed by atoms with E-state index in [0.29, 0.717) is 23.9 Å². The molecule has 1 heterocycles. The van der Waals surface area contributed by atoms with Crippen LogP contribution in [0.3, 0.4) is 0 Å². The van der Waals surface area contributed by atoms with E-state index in [4.69, 9.17) is 21.4 Å². The minimum atomic E-state index is -0.932. The molecule has 1 amide bonds. The standard InChI is InChI=1S/C15H20ClNO3/c1-15(2,20-13-5-3-12(16)4-6-13)14(19)17-8-7-11(9-17)10-18/h3-6,11,18H,7-10H2,1-2H3. The van der Waals surface area contributed by atoms with Crippen molar-refractivity contribution in [2.75, 3.05) is 19.7 Å². The van der Waals surface area contributed by atoms with Crippen LogP contribution in [0.5, 0.6) is 5.75 Å². The Morgan fingerprint density at radius 2 is 2.10 bits per heavy atom. The summed E-state index contributed by atoms with van der Waals surface area (Å²) in [6, 6.07) is 6.96. The summed E-state index contributed by atoms with van der Waals surface area (Å²) in [5.74, 6) is 0.749. The summed E-state index contributed by atoms with van der Waals surface area (Å²) in [5.41, 5.74) is -0.932. The molecule has 0 aromatic heterocycles. The maximum Gasteiger partial charge on any atom is 0.266 e. The molecule has 5 heteroatoms. The molecule has 1 N–H and O–H groups in total. The zero-order valence-corrected chi connectivity index (χ0v) is 12.6. The van der Waals surface area contributed by atoms with Crippen LogP contribution in [0.1, 0.15) is 20.3 Å². The van der Waals surface area contributed by atoms with Gasteiger partial charge in [0.05, 0.1) is 0 Å². The number of hydrogen-bond acceptors (Lipinski definition) is 3. The highest BCUT2D eigenvalue weighted by molar-refractivity contribution is 6.30. The largest absolute Gasteiger partial charge is 0.478 e. The molecule has 4 nitrogen and oxygen atoms in total. The Morgan fingerprint density at radius 3 is 2.65 bits per heavy atom. The van der Waals surface area contributed by atoms with Crippen LogP contribution in [0.2, 0.25) is 5.02 Å². The van der Waals surface area contributed by atoms with E-state index in [1.54, 1.807) is 43.0 Å². The van der Waals surface area contributed by atoms with Gasteiger partial charge in [-0.2, -0.15) is 0 Å². The fourth-order valence-electron chi connectivity index (χ4n) is 2.39. The fourth-order valence-corrected chi connectivity index (χ4v) is 2.51. The lowest BCUT2D eigenvalue weighted by molar-refractivity contribution is -0.144. The lowest BCUT2D eigenvalue weighted by Crippen LogP contribution is -2.48. The molecule has 0 aliphatic carbocycles. The van der Waals surface area contributed by atoms with Crippen LogP contribution in [0.4, 0.5) is 0 Å². The first-order chi connectivity index (χ1) is 9.42. The van der Waals surface area contributed by atoms with E-state index in [2.05, 4.69) is 0 Å². The first kappa shape index (κ1) is 15.1. The Morgan fingerprint density at radius 1 is 1.45 bits per heavy atom. The molecule has 0 radical (unpaired) electrons. The number of carbonyl (C=O) groups is 1. The quantitative estimate of drug-likeness (QED) is 0.928. The van der Waals surface area contributed by atoms with Crippen LogP contribution >= 0.6 is 11.6 Å². The van der Waals surface area contributed by atoms with Gasteiger partial charge in [0.1, 0.15) is 5.75 Å². The Balaban J connectivity index is 2.02. The number of aliphatic hydroxyl groups excluding tert-OH is 1. The zero-order valence-electron chi connectivity index (χ0n) is 11.8. The van der Waals surface area contributed by atoms with E-state index >= 15 is 0 Å². The summed E-state index contributed by atoms with van der Waals surface area (Å²) < 4.78 is 5.79. The van der Waals surface area contributed by atoms with Crippen molar-refractivity contribution in [1.82, 2.24) is 4.90 Å². The number of rotatable bonds is 4. The maximum absolute atomic E-state index is 12.5. The van der Waals surface area contributed by atoms with Gasteiger partial charge in [-0.25, -0.2) is 0 Å². The second kappa shape index (κ2) is 6.02. The van der Waals surface area contributed by atoms with Crippen LogP contribution < -0.4 is 4.74 Å². The van der Waals surface area contributed by atoms with E-state index < -0.39 is 5.60 Å². The van der Waals surface area contributed by atoms with Gasteiger partial charge in [0, 0.05) is 30.6 Å². The Kier molecular flexibility index (Phi) is 4.55. The third kappa shape index (κ3) is 3.44. The van der Waals surface area contributed by atoms with Crippen molar-refractivity contribution in [2.45, 2.75) is 25.9 Å². The number of benzene rings is 1. The van der Waals surface area contributed by atoms with Crippen molar-refractivity contribution in [3.8, 4) is 5.75 Å². The molecule has 2 rings (SSSR count). The Hall–Kier alpha value is -1.26. The summed E-state index contributed by atoms with van der Waals surface area (Å²) in [7, 11) is 0. The summed E-state index contributed by atoms with van der Waals surface area (Å²) >= 11 is 5.83. The maximum atomic E-state index is 12.5. The predicted molar refractivity (Wildman–Crippen MR) is 77.9 cm³/mol. The molecule has 1 fully saturated rings. The van der Waals surface area contributed by atoms with E-state index in [-0.39, 0.29) is 18.4 Å². The molecular formula is C15H20ClNO3. The van der Waals surface area contributed by atoms with Gasteiger partial charge >= 0.3 is 0 Å². The number of amides is 1. The smallest absolute Gasteiger partial charge is 0.266 e. The highest BCUT2D eigenvalue weighted by Crippen LogP contribution is 2.25. The van der Waals surface area contributed by atoms with Crippen molar-refractivity contribution >= 4 is 17.5 Å². The molecule has 0 saturated carbocycles. The van der Waals surface area contributed by atoms with Crippen molar-refractivity contribution in [2.24, 2.45) is 5.92 Å². The second-order valence-electron chi connectivity index (χ2n) is 5.65. The van der Waals surface area contributed by atoms with Crippen LogP contribution in [0.15, 0.2) is 24.3 Å². The van der Waals surface area contributed by atoms with Gasteiger partial charge in [-0.15, -0.1) is 0 Å². The van der Waals surface area contributed by atoms with Gasteiger partial charge in [-0.1, -0.05) is 11.6 Å². The molecule has 1 aromatic carbocycles. The molecular weight excluding hydrogens is 278 g/mol. The third-order valence-electron chi connectivity index (χ3n) is 3.53. The second-order valence-corrected chi connectivity index (χ2v) is 6.09. The number of halogens is 1. The molecule has 1 atom stereocenters. The Labute approximate surface area is 124 Å². The van der Waals surface area contributed by atoms with Crippen molar-refractivity contribution in [3.63, 3.8) is 0 Å². The summed E-state index contributed by atoms with van der Waals surface area (Å²) in [5, 5.41) is 9.78. The lowest BCUT2D eigenvalue weighted by atomic mass is 10.1.